The van der Waals surface area contributed by atoms with E-state index < -0.39 is 0 Å². The quantitative estimate of drug-likeness (QED) is 0.319. The smallest absolute Gasteiger partial charge is 0.0510 e. The van der Waals surface area contributed by atoms with E-state index in [0.29, 0.717) is 5.92 Å². The zero-order chi connectivity index (χ0) is 21.4. The lowest BCUT2D eigenvalue weighted by atomic mass is 9.89. The van der Waals surface area contributed by atoms with Crippen molar-refractivity contribution >= 4 is 45.7 Å². The Bertz CT molecular complexity index is 1190. The monoisotopic (exact) mass is 468 g/mol. The molecule has 0 spiro atoms. The Morgan fingerprint density at radius 3 is 2.19 bits per heavy atom. The Morgan fingerprint density at radius 2 is 1.48 bits per heavy atom. The summed E-state index contributed by atoms with van der Waals surface area (Å²) in [5.74, 6) is 0.413. The highest BCUT2D eigenvalue weighted by molar-refractivity contribution is 6.36. The molecule has 0 radical (unpaired) electrons. The minimum atomic E-state index is 0.413. The number of hydrogen-bond donors (Lipinski definition) is 1. The molecule has 5 rings (SSSR count). The van der Waals surface area contributed by atoms with Crippen LogP contribution in [-0.4, -0.2) is 23.0 Å². The van der Waals surface area contributed by atoms with E-state index in [-0.39, 0.29) is 0 Å². The third-order valence-electron chi connectivity index (χ3n) is 6.32. The van der Waals surface area contributed by atoms with Crippen molar-refractivity contribution in [2.45, 2.75) is 25.3 Å². The van der Waals surface area contributed by atoms with Crippen LogP contribution in [0.25, 0.3) is 22.2 Å². The molecule has 1 aliphatic rings. The maximum Gasteiger partial charge on any atom is 0.0510 e. The van der Waals surface area contributed by atoms with Crippen LogP contribution in [0.2, 0.25) is 15.1 Å². The summed E-state index contributed by atoms with van der Waals surface area (Å²) in [5.41, 5.74) is 5.95. The Hall–Kier alpha value is -1.97. The molecule has 0 saturated carbocycles. The number of nitrogens with one attached hydrogen (secondary N) is 1. The molecule has 1 aromatic heterocycles. The molecule has 1 N–H and O–H groups in total. The van der Waals surface area contributed by atoms with Crippen LogP contribution in [0.3, 0.4) is 0 Å². The molecular weight excluding hydrogens is 447 g/mol. The number of hydrogen-bond acceptors (Lipinski definition) is 1. The van der Waals surface area contributed by atoms with E-state index in [1.165, 1.54) is 22.2 Å². The fourth-order valence-electron chi connectivity index (χ4n) is 4.73. The molecule has 0 aliphatic carbocycles. The van der Waals surface area contributed by atoms with Crippen molar-refractivity contribution in [1.82, 2.24) is 9.88 Å². The number of halogens is 3. The molecule has 0 amide bonds. The van der Waals surface area contributed by atoms with E-state index in [0.717, 1.165) is 58.7 Å². The van der Waals surface area contributed by atoms with Gasteiger partial charge in [0.1, 0.15) is 0 Å². The van der Waals surface area contributed by atoms with Gasteiger partial charge in [-0.25, -0.2) is 0 Å². The number of nitrogens with zero attached hydrogens (tertiary/aromatic N) is 1. The van der Waals surface area contributed by atoms with Crippen molar-refractivity contribution in [2.24, 2.45) is 0 Å². The molecule has 0 unspecified atom stereocenters. The predicted molar refractivity (Wildman–Crippen MR) is 132 cm³/mol. The number of H-pyrrole nitrogens is 1. The number of aromatic amines is 1. The zero-order valence-electron chi connectivity index (χ0n) is 17.0. The summed E-state index contributed by atoms with van der Waals surface area (Å²) in [7, 11) is 0. The second-order valence-corrected chi connectivity index (χ2v) is 9.47. The second-order valence-electron chi connectivity index (χ2n) is 8.22. The Kier molecular flexibility index (Phi) is 5.99. The van der Waals surface area contributed by atoms with Gasteiger partial charge >= 0.3 is 0 Å². The highest BCUT2D eigenvalue weighted by Gasteiger charge is 2.25. The molecule has 0 bridgehead atoms. The SMILES string of the molecule is Clc1ccc(-c2[nH]c3ccccc3c2CN2CCC(c3c(Cl)cccc3Cl)CC2)cc1. The van der Waals surface area contributed by atoms with Gasteiger partial charge in [0.25, 0.3) is 0 Å². The van der Waals surface area contributed by atoms with Crippen LogP contribution in [0.5, 0.6) is 0 Å². The van der Waals surface area contributed by atoms with Gasteiger partial charge in [0.15, 0.2) is 0 Å². The number of aromatic nitrogens is 1. The molecular formula is C26H23Cl3N2. The van der Waals surface area contributed by atoms with Crippen molar-refractivity contribution < 1.29 is 0 Å². The van der Waals surface area contributed by atoms with Crippen molar-refractivity contribution in [3.05, 3.63) is 92.9 Å². The van der Waals surface area contributed by atoms with Crippen LogP contribution in [0.4, 0.5) is 0 Å². The van der Waals surface area contributed by atoms with E-state index in [9.17, 15) is 0 Å². The fraction of sp³-hybridized carbons (Fsp3) is 0.231. The van der Waals surface area contributed by atoms with Gasteiger partial charge in [-0.1, -0.05) is 71.2 Å². The first-order valence-electron chi connectivity index (χ1n) is 10.6. The Balaban J connectivity index is 1.40. The highest BCUT2D eigenvalue weighted by Crippen LogP contribution is 2.39. The van der Waals surface area contributed by atoms with E-state index >= 15 is 0 Å². The van der Waals surface area contributed by atoms with Gasteiger partial charge in [-0.2, -0.15) is 0 Å². The molecule has 1 fully saturated rings. The first-order chi connectivity index (χ1) is 15.1. The average molecular weight is 470 g/mol. The summed E-state index contributed by atoms with van der Waals surface area (Å²) in [6.07, 6.45) is 2.12. The topological polar surface area (TPSA) is 19.0 Å². The van der Waals surface area contributed by atoms with Crippen molar-refractivity contribution in [3.63, 3.8) is 0 Å². The molecule has 5 heteroatoms. The van der Waals surface area contributed by atoms with Crippen molar-refractivity contribution in [2.75, 3.05) is 13.1 Å². The van der Waals surface area contributed by atoms with E-state index in [1.807, 2.05) is 30.3 Å². The lowest BCUT2D eigenvalue weighted by molar-refractivity contribution is 0.205. The summed E-state index contributed by atoms with van der Waals surface area (Å²) < 4.78 is 0. The van der Waals surface area contributed by atoms with Gasteiger partial charge in [-0.05, 0) is 78.9 Å². The maximum absolute atomic E-state index is 6.47. The Morgan fingerprint density at radius 1 is 0.806 bits per heavy atom. The summed E-state index contributed by atoms with van der Waals surface area (Å²) in [6, 6.07) is 22.4. The second kappa shape index (κ2) is 8.88. The van der Waals surface area contributed by atoms with E-state index in [2.05, 4.69) is 46.3 Å². The normalized spacial score (nSPS) is 15.6. The van der Waals surface area contributed by atoms with Crippen LogP contribution >= 0.6 is 34.8 Å². The van der Waals surface area contributed by atoms with E-state index in [1.54, 1.807) is 0 Å². The maximum atomic E-state index is 6.47. The zero-order valence-corrected chi connectivity index (χ0v) is 19.3. The Labute approximate surface area is 197 Å². The van der Waals surface area contributed by atoms with Gasteiger partial charge in [-0.15, -0.1) is 0 Å². The van der Waals surface area contributed by atoms with Gasteiger partial charge < -0.3 is 4.98 Å². The number of rotatable bonds is 4. The van der Waals surface area contributed by atoms with Crippen LogP contribution in [0, 0.1) is 0 Å². The van der Waals surface area contributed by atoms with Gasteiger partial charge in [0.05, 0.1) is 5.69 Å². The standard InChI is InChI=1S/C26H23Cl3N2/c27-19-10-8-18(9-11-19)26-21(20-4-1-2-7-24(20)30-26)16-31-14-12-17(13-15-31)25-22(28)5-3-6-23(25)29/h1-11,17,30H,12-16H2. The number of para-hydroxylation sites is 1. The van der Waals surface area contributed by atoms with Crippen molar-refractivity contribution in [3.8, 4) is 11.3 Å². The van der Waals surface area contributed by atoms with Crippen LogP contribution in [0.1, 0.15) is 29.9 Å². The largest absolute Gasteiger partial charge is 0.354 e. The summed E-state index contributed by atoms with van der Waals surface area (Å²) >= 11 is 19.1. The fourth-order valence-corrected chi connectivity index (χ4v) is 5.56. The van der Waals surface area contributed by atoms with E-state index in [4.69, 9.17) is 34.8 Å². The molecule has 1 aliphatic heterocycles. The predicted octanol–water partition coefficient (Wildman–Crippen LogP) is 8.17. The first kappa shape index (κ1) is 20.9. The average Bonchev–Trinajstić information content (AvgIpc) is 3.14. The van der Waals surface area contributed by atoms with Crippen LogP contribution in [0.15, 0.2) is 66.7 Å². The minimum absolute atomic E-state index is 0.413. The first-order valence-corrected chi connectivity index (χ1v) is 11.8. The van der Waals surface area contributed by atoms with Crippen molar-refractivity contribution in [1.29, 1.82) is 0 Å². The lowest BCUT2D eigenvalue weighted by Gasteiger charge is -2.33. The molecule has 31 heavy (non-hydrogen) atoms. The molecule has 1 saturated heterocycles. The molecule has 2 nitrogen and oxygen atoms in total. The van der Waals surface area contributed by atoms with Gasteiger partial charge in [-0.3, -0.25) is 4.90 Å². The summed E-state index contributed by atoms with van der Waals surface area (Å²) in [6.45, 7) is 2.95. The molecule has 3 aromatic carbocycles. The minimum Gasteiger partial charge on any atom is -0.354 e. The molecule has 158 valence electrons. The van der Waals surface area contributed by atoms with Crippen LogP contribution < -0.4 is 0 Å². The third kappa shape index (κ3) is 4.23. The third-order valence-corrected chi connectivity index (χ3v) is 7.23. The number of piperidine rings is 1. The highest BCUT2D eigenvalue weighted by atomic mass is 35.5. The number of fused-ring (bicyclic) bond motifs is 1. The summed E-state index contributed by atoms with van der Waals surface area (Å²) in [4.78, 5) is 6.17. The molecule has 2 heterocycles. The number of benzene rings is 3. The molecule has 4 aromatic rings. The summed E-state index contributed by atoms with van der Waals surface area (Å²) in [5, 5.41) is 3.60. The van der Waals surface area contributed by atoms with Gasteiger partial charge in [0.2, 0.25) is 0 Å². The molecule has 0 atom stereocenters. The van der Waals surface area contributed by atoms with Gasteiger partial charge in [0, 0.05) is 32.5 Å². The van der Waals surface area contributed by atoms with Crippen LogP contribution in [-0.2, 0) is 6.54 Å². The lowest BCUT2D eigenvalue weighted by Crippen LogP contribution is -2.32. The number of likely N-dealkylation sites (tertiary alicyclic amines) is 1.